The predicted octanol–water partition coefficient (Wildman–Crippen LogP) is -0.0523. The van der Waals surface area contributed by atoms with Crippen LogP contribution in [0.2, 0.25) is 0 Å². The molecule has 0 amide bonds. The van der Waals surface area contributed by atoms with Gasteiger partial charge in [-0.25, -0.2) is 0 Å². The normalized spacial score (nSPS) is 28.1. The van der Waals surface area contributed by atoms with E-state index in [4.69, 9.17) is 5.11 Å². The van der Waals surface area contributed by atoms with Gasteiger partial charge >= 0.3 is 0 Å². The average Bonchev–Trinajstić information content (AvgIpc) is 2.33. The van der Waals surface area contributed by atoms with E-state index < -0.39 is 6.10 Å². The highest BCUT2D eigenvalue weighted by Crippen LogP contribution is 2.34. The summed E-state index contributed by atoms with van der Waals surface area (Å²) in [6.07, 6.45) is 5.83. The van der Waals surface area contributed by atoms with Crippen LogP contribution in [0.5, 0.6) is 0 Å². The molecule has 1 unspecified atom stereocenters. The number of aliphatic hydroxyl groups is 2. The third-order valence-corrected chi connectivity index (χ3v) is 4.11. The summed E-state index contributed by atoms with van der Waals surface area (Å²) in [5.41, 5.74) is 0.257. The van der Waals surface area contributed by atoms with Crippen molar-refractivity contribution in [2.45, 2.75) is 43.7 Å². The molecule has 16 heavy (non-hydrogen) atoms. The van der Waals surface area contributed by atoms with Crippen LogP contribution in [0.4, 0.5) is 0 Å². The fraction of sp³-hybridized carbons (Fsp3) is 1.00. The minimum atomic E-state index is -0.586. The van der Waals surface area contributed by atoms with Crippen LogP contribution in [-0.2, 0) is 0 Å². The summed E-state index contributed by atoms with van der Waals surface area (Å²) in [6, 6.07) is 0. The molecule has 1 saturated heterocycles. The number of hydrogen-bond donors (Lipinski definition) is 3. The molecule has 2 aliphatic rings. The van der Waals surface area contributed by atoms with Gasteiger partial charge in [0.05, 0.1) is 12.7 Å². The zero-order valence-electron chi connectivity index (χ0n) is 9.99. The largest absolute Gasteiger partial charge is 0.394 e. The van der Waals surface area contributed by atoms with Crippen LogP contribution in [0.15, 0.2) is 0 Å². The fourth-order valence-corrected chi connectivity index (χ4v) is 3.18. The van der Waals surface area contributed by atoms with Gasteiger partial charge in [0, 0.05) is 31.7 Å². The Morgan fingerprint density at radius 3 is 2.69 bits per heavy atom. The molecule has 0 aromatic heterocycles. The van der Waals surface area contributed by atoms with E-state index in [0.717, 1.165) is 19.6 Å². The lowest BCUT2D eigenvalue weighted by Crippen LogP contribution is -2.63. The topological polar surface area (TPSA) is 55.7 Å². The van der Waals surface area contributed by atoms with Crippen LogP contribution in [-0.4, -0.2) is 59.5 Å². The molecular formula is C12H24N2O2. The van der Waals surface area contributed by atoms with E-state index in [1.807, 2.05) is 0 Å². The first-order chi connectivity index (χ1) is 7.77. The summed E-state index contributed by atoms with van der Waals surface area (Å²) in [4.78, 5) is 2.41. The smallest absolute Gasteiger partial charge is 0.0897 e. The molecule has 1 aliphatic carbocycles. The number of aliphatic hydroxyl groups excluding tert-OH is 2. The zero-order chi connectivity index (χ0) is 11.4. The van der Waals surface area contributed by atoms with Gasteiger partial charge in [-0.15, -0.1) is 0 Å². The SMILES string of the molecule is OCC(O)CN1CCNCC12CCCCC2. The third kappa shape index (κ3) is 2.56. The molecule has 1 atom stereocenters. The number of nitrogens with zero attached hydrogens (tertiary/aromatic N) is 1. The highest BCUT2D eigenvalue weighted by molar-refractivity contribution is 4.98. The Morgan fingerprint density at radius 2 is 2.00 bits per heavy atom. The molecule has 0 bridgehead atoms. The molecule has 1 heterocycles. The third-order valence-electron chi connectivity index (χ3n) is 4.11. The summed E-state index contributed by atoms with van der Waals surface area (Å²) < 4.78 is 0. The van der Waals surface area contributed by atoms with Crippen molar-refractivity contribution >= 4 is 0 Å². The van der Waals surface area contributed by atoms with Gasteiger partial charge in [0.1, 0.15) is 0 Å². The van der Waals surface area contributed by atoms with Crippen LogP contribution in [0.25, 0.3) is 0 Å². The maximum absolute atomic E-state index is 9.61. The molecule has 0 aromatic rings. The Labute approximate surface area is 97.6 Å². The second kappa shape index (κ2) is 5.45. The monoisotopic (exact) mass is 228 g/mol. The van der Waals surface area contributed by atoms with Gasteiger partial charge in [-0.3, -0.25) is 4.90 Å². The van der Waals surface area contributed by atoms with Crippen molar-refractivity contribution in [3.63, 3.8) is 0 Å². The van der Waals surface area contributed by atoms with Gasteiger partial charge in [0.2, 0.25) is 0 Å². The van der Waals surface area contributed by atoms with Crippen molar-refractivity contribution in [1.29, 1.82) is 0 Å². The Balaban J connectivity index is 2.00. The molecule has 4 heteroatoms. The lowest BCUT2D eigenvalue weighted by Gasteiger charge is -2.50. The second-order valence-corrected chi connectivity index (χ2v) is 5.24. The zero-order valence-corrected chi connectivity index (χ0v) is 9.99. The molecule has 1 saturated carbocycles. The maximum atomic E-state index is 9.61. The van der Waals surface area contributed by atoms with Crippen LogP contribution in [0, 0.1) is 0 Å². The minimum Gasteiger partial charge on any atom is -0.394 e. The fourth-order valence-electron chi connectivity index (χ4n) is 3.18. The first-order valence-corrected chi connectivity index (χ1v) is 6.51. The highest BCUT2D eigenvalue weighted by Gasteiger charge is 2.39. The maximum Gasteiger partial charge on any atom is 0.0897 e. The van der Waals surface area contributed by atoms with Gasteiger partial charge in [0.25, 0.3) is 0 Å². The van der Waals surface area contributed by atoms with E-state index in [-0.39, 0.29) is 12.1 Å². The molecule has 94 valence electrons. The molecule has 2 fully saturated rings. The molecule has 1 spiro atoms. The van der Waals surface area contributed by atoms with Crippen LogP contribution < -0.4 is 5.32 Å². The Hall–Kier alpha value is -0.160. The first kappa shape index (κ1) is 12.3. The first-order valence-electron chi connectivity index (χ1n) is 6.51. The van der Waals surface area contributed by atoms with E-state index in [1.54, 1.807) is 0 Å². The predicted molar refractivity (Wildman–Crippen MR) is 63.4 cm³/mol. The number of β-amino-alcohol motifs (C(OH)–C–C–N with tert-alkyl or cyclic N) is 1. The van der Waals surface area contributed by atoms with E-state index in [2.05, 4.69) is 10.2 Å². The number of piperazine rings is 1. The van der Waals surface area contributed by atoms with Gasteiger partial charge in [-0.2, -0.15) is 0 Å². The summed E-state index contributed by atoms with van der Waals surface area (Å²) in [6.45, 7) is 3.54. The molecule has 4 nitrogen and oxygen atoms in total. The second-order valence-electron chi connectivity index (χ2n) is 5.24. The number of hydrogen-bond acceptors (Lipinski definition) is 4. The minimum absolute atomic E-state index is 0.125. The van der Waals surface area contributed by atoms with Crippen molar-refractivity contribution in [2.75, 3.05) is 32.8 Å². The van der Waals surface area contributed by atoms with Crippen molar-refractivity contribution in [2.24, 2.45) is 0 Å². The van der Waals surface area contributed by atoms with E-state index in [9.17, 15) is 5.11 Å². The number of rotatable bonds is 3. The van der Waals surface area contributed by atoms with Crippen molar-refractivity contribution in [3.8, 4) is 0 Å². The van der Waals surface area contributed by atoms with Crippen LogP contribution in [0.1, 0.15) is 32.1 Å². The van der Waals surface area contributed by atoms with Gasteiger partial charge < -0.3 is 15.5 Å². The van der Waals surface area contributed by atoms with Gasteiger partial charge in [-0.05, 0) is 12.8 Å². The highest BCUT2D eigenvalue weighted by atomic mass is 16.3. The van der Waals surface area contributed by atoms with E-state index >= 15 is 0 Å². The van der Waals surface area contributed by atoms with Crippen molar-refractivity contribution < 1.29 is 10.2 Å². The standard InChI is InChI=1S/C12H24N2O2/c15-9-11(16)8-14-7-6-13-10-12(14)4-2-1-3-5-12/h11,13,15-16H,1-10H2. The Bertz CT molecular complexity index is 209. The summed E-state index contributed by atoms with van der Waals surface area (Å²) in [5.74, 6) is 0. The van der Waals surface area contributed by atoms with Gasteiger partial charge in [0.15, 0.2) is 0 Å². The van der Waals surface area contributed by atoms with E-state index in [0.29, 0.717) is 6.54 Å². The summed E-state index contributed by atoms with van der Waals surface area (Å²) in [5, 5.41) is 22.1. The summed E-state index contributed by atoms with van der Waals surface area (Å²) >= 11 is 0. The molecule has 3 N–H and O–H groups in total. The molecular weight excluding hydrogens is 204 g/mol. The molecule has 1 aliphatic heterocycles. The quantitative estimate of drug-likeness (QED) is 0.634. The van der Waals surface area contributed by atoms with Gasteiger partial charge in [-0.1, -0.05) is 19.3 Å². The van der Waals surface area contributed by atoms with Crippen LogP contribution >= 0.6 is 0 Å². The molecule has 0 radical (unpaired) electrons. The van der Waals surface area contributed by atoms with Crippen molar-refractivity contribution in [3.05, 3.63) is 0 Å². The lowest BCUT2D eigenvalue weighted by molar-refractivity contribution is -0.0202. The average molecular weight is 228 g/mol. The van der Waals surface area contributed by atoms with Crippen molar-refractivity contribution in [1.82, 2.24) is 10.2 Å². The van der Waals surface area contributed by atoms with E-state index in [1.165, 1.54) is 32.1 Å². The number of nitrogens with one attached hydrogen (secondary N) is 1. The summed E-state index contributed by atoms with van der Waals surface area (Å²) in [7, 11) is 0. The Kier molecular flexibility index (Phi) is 4.19. The molecule has 2 rings (SSSR count). The molecule has 0 aromatic carbocycles. The Morgan fingerprint density at radius 1 is 1.25 bits per heavy atom. The lowest BCUT2D eigenvalue weighted by atomic mass is 9.79. The van der Waals surface area contributed by atoms with Crippen LogP contribution in [0.3, 0.4) is 0 Å².